The van der Waals surface area contributed by atoms with Crippen molar-refractivity contribution in [3.8, 4) is 0 Å². The van der Waals surface area contributed by atoms with Gasteiger partial charge in [-0.05, 0) is 46.1 Å². The Morgan fingerprint density at radius 1 is 1.10 bits per heavy atom. The van der Waals surface area contributed by atoms with Gasteiger partial charge in [-0.2, -0.15) is 13.2 Å². The van der Waals surface area contributed by atoms with E-state index in [9.17, 15) is 13.2 Å². The molecule has 0 aliphatic rings. The van der Waals surface area contributed by atoms with Crippen molar-refractivity contribution in [2.24, 2.45) is 0 Å². The van der Waals surface area contributed by atoms with Crippen molar-refractivity contribution in [1.29, 1.82) is 0 Å². The predicted molar refractivity (Wildman–Crippen MR) is 78.9 cm³/mol. The Morgan fingerprint density at radius 2 is 1.85 bits per heavy atom. The molecular weight excluding hydrogens is 351 g/mol. The number of rotatable bonds is 5. The normalized spacial score (nSPS) is 11.8. The van der Waals surface area contributed by atoms with Crippen LogP contribution in [0.1, 0.15) is 16.0 Å². The van der Waals surface area contributed by atoms with Gasteiger partial charge in [-0.3, -0.25) is 0 Å². The van der Waals surface area contributed by atoms with Crippen LogP contribution in [0.25, 0.3) is 0 Å². The van der Waals surface area contributed by atoms with E-state index >= 15 is 0 Å². The molecular formula is C14H13BrF3NS. The lowest BCUT2D eigenvalue weighted by atomic mass is 10.1. The molecule has 1 nitrogen and oxygen atoms in total. The van der Waals surface area contributed by atoms with Gasteiger partial charge in [0.1, 0.15) is 0 Å². The fourth-order valence-electron chi connectivity index (χ4n) is 1.87. The smallest absolute Gasteiger partial charge is 0.312 e. The molecule has 0 aliphatic heterocycles. The molecule has 0 spiro atoms. The summed E-state index contributed by atoms with van der Waals surface area (Å²) >= 11 is 5.02. The van der Waals surface area contributed by atoms with Gasteiger partial charge in [-0.1, -0.05) is 18.2 Å². The van der Waals surface area contributed by atoms with Crippen molar-refractivity contribution in [2.45, 2.75) is 19.1 Å². The fourth-order valence-corrected chi connectivity index (χ4v) is 3.35. The summed E-state index contributed by atoms with van der Waals surface area (Å²) in [4.78, 5) is 1.20. The zero-order valence-electron chi connectivity index (χ0n) is 10.5. The van der Waals surface area contributed by atoms with E-state index in [1.54, 1.807) is 17.4 Å². The van der Waals surface area contributed by atoms with Crippen molar-refractivity contribution in [1.82, 2.24) is 5.32 Å². The molecule has 0 atom stereocenters. The van der Waals surface area contributed by atoms with Gasteiger partial charge in [0, 0.05) is 18.0 Å². The Bertz CT molecular complexity index is 566. The van der Waals surface area contributed by atoms with Gasteiger partial charge in [-0.15, -0.1) is 11.3 Å². The summed E-state index contributed by atoms with van der Waals surface area (Å²) in [5, 5.41) is 3.06. The molecule has 0 saturated heterocycles. The van der Waals surface area contributed by atoms with Crippen LogP contribution in [-0.4, -0.2) is 6.54 Å². The van der Waals surface area contributed by atoms with Crippen molar-refractivity contribution < 1.29 is 13.2 Å². The second-order valence-electron chi connectivity index (χ2n) is 4.29. The molecule has 2 aromatic rings. The highest BCUT2D eigenvalue weighted by atomic mass is 79.9. The first kappa shape index (κ1) is 15.5. The van der Waals surface area contributed by atoms with Crippen LogP contribution in [0.3, 0.4) is 0 Å². The highest BCUT2D eigenvalue weighted by molar-refractivity contribution is 9.11. The number of alkyl halides is 3. The molecule has 20 heavy (non-hydrogen) atoms. The summed E-state index contributed by atoms with van der Waals surface area (Å²) in [6.45, 7) is 0.876. The van der Waals surface area contributed by atoms with Crippen LogP contribution >= 0.6 is 27.3 Å². The average molecular weight is 364 g/mol. The minimum atomic E-state index is -4.29. The van der Waals surface area contributed by atoms with Crippen LogP contribution in [-0.2, 0) is 19.1 Å². The lowest BCUT2D eigenvalue weighted by molar-refractivity contribution is -0.138. The Hall–Kier alpha value is -0.850. The van der Waals surface area contributed by atoms with Crippen molar-refractivity contribution in [2.75, 3.05) is 6.54 Å². The average Bonchev–Trinajstić information content (AvgIpc) is 2.80. The maximum Gasteiger partial charge on any atom is 0.416 e. The van der Waals surface area contributed by atoms with Crippen LogP contribution in [0.2, 0.25) is 0 Å². The fraction of sp³-hybridized carbons (Fsp3) is 0.286. The number of thiophene rings is 1. The van der Waals surface area contributed by atoms with Gasteiger partial charge in [0.15, 0.2) is 0 Å². The molecule has 0 radical (unpaired) electrons. The first-order valence-electron chi connectivity index (χ1n) is 6.07. The van der Waals surface area contributed by atoms with Gasteiger partial charge in [0.25, 0.3) is 0 Å². The minimum absolute atomic E-state index is 0.224. The summed E-state index contributed by atoms with van der Waals surface area (Å²) in [6.07, 6.45) is -3.48. The third-order valence-electron chi connectivity index (χ3n) is 2.82. The highest BCUT2D eigenvalue weighted by Crippen LogP contribution is 2.31. The molecule has 0 fully saturated rings. The Labute approximate surface area is 128 Å². The third kappa shape index (κ3) is 4.33. The maximum absolute atomic E-state index is 12.8. The van der Waals surface area contributed by atoms with E-state index in [0.717, 1.165) is 16.3 Å². The summed E-state index contributed by atoms with van der Waals surface area (Å²) in [6, 6.07) is 9.65. The third-order valence-corrected chi connectivity index (χ3v) is 4.50. The Kier molecular flexibility index (Phi) is 5.23. The SMILES string of the molecule is FC(F)(F)c1ccccc1CNCCc1ccc(Br)s1. The molecule has 0 aliphatic carbocycles. The monoisotopic (exact) mass is 363 g/mol. The number of nitrogens with one attached hydrogen (secondary N) is 1. The molecule has 2 rings (SSSR count). The highest BCUT2D eigenvalue weighted by Gasteiger charge is 2.32. The van der Waals surface area contributed by atoms with E-state index in [1.165, 1.54) is 17.0 Å². The first-order valence-corrected chi connectivity index (χ1v) is 7.68. The van der Waals surface area contributed by atoms with Gasteiger partial charge < -0.3 is 5.32 Å². The topological polar surface area (TPSA) is 12.0 Å². The summed E-state index contributed by atoms with van der Waals surface area (Å²) < 4.78 is 39.4. The Morgan fingerprint density at radius 3 is 2.50 bits per heavy atom. The number of hydrogen-bond donors (Lipinski definition) is 1. The summed E-state index contributed by atoms with van der Waals surface area (Å²) in [7, 11) is 0. The van der Waals surface area contributed by atoms with Crippen LogP contribution < -0.4 is 5.32 Å². The largest absolute Gasteiger partial charge is 0.416 e. The quantitative estimate of drug-likeness (QED) is 0.747. The molecule has 0 amide bonds. The second kappa shape index (κ2) is 6.74. The number of halogens is 4. The van der Waals surface area contributed by atoms with E-state index in [2.05, 4.69) is 21.2 Å². The predicted octanol–water partition coefficient (Wildman–Crippen LogP) is 4.86. The standard InChI is InChI=1S/C14H13BrF3NS/c15-13-6-5-11(20-13)7-8-19-9-10-3-1-2-4-12(10)14(16,17)18/h1-6,19H,7-9H2. The Balaban J connectivity index is 1.88. The molecule has 0 unspecified atom stereocenters. The molecule has 0 saturated carbocycles. The number of benzene rings is 1. The minimum Gasteiger partial charge on any atom is -0.312 e. The van der Waals surface area contributed by atoms with Crippen molar-refractivity contribution in [3.63, 3.8) is 0 Å². The molecule has 1 aromatic carbocycles. The molecule has 0 bridgehead atoms. The van der Waals surface area contributed by atoms with Gasteiger partial charge in [-0.25, -0.2) is 0 Å². The van der Waals surface area contributed by atoms with Crippen molar-refractivity contribution >= 4 is 27.3 Å². The van der Waals surface area contributed by atoms with E-state index in [-0.39, 0.29) is 12.1 Å². The van der Waals surface area contributed by atoms with E-state index < -0.39 is 11.7 Å². The van der Waals surface area contributed by atoms with Crippen LogP contribution in [0.4, 0.5) is 13.2 Å². The van der Waals surface area contributed by atoms with Gasteiger partial charge in [0.05, 0.1) is 9.35 Å². The van der Waals surface area contributed by atoms with Gasteiger partial charge in [0.2, 0.25) is 0 Å². The number of hydrogen-bond acceptors (Lipinski definition) is 2. The second-order valence-corrected chi connectivity index (χ2v) is 6.84. The van der Waals surface area contributed by atoms with Crippen molar-refractivity contribution in [3.05, 3.63) is 56.2 Å². The van der Waals surface area contributed by atoms with E-state index in [4.69, 9.17) is 0 Å². The van der Waals surface area contributed by atoms with Crippen LogP contribution in [0.15, 0.2) is 40.2 Å². The summed E-state index contributed by atoms with van der Waals surface area (Å²) in [5.74, 6) is 0. The lowest BCUT2D eigenvalue weighted by Crippen LogP contribution is -2.19. The van der Waals surface area contributed by atoms with Crippen LogP contribution in [0.5, 0.6) is 0 Å². The molecule has 1 aromatic heterocycles. The summed E-state index contributed by atoms with van der Waals surface area (Å²) in [5.41, 5.74) is -0.279. The van der Waals surface area contributed by atoms with Gasteiger partial charge >= 0.3 is 6.18 Å². The van der Waals surface area contributed by atoms with E-state index in [1.807, 2.05) is 12.1 Å². The lowest BCUT2D eigenvalue weighted by Gasteiger charge is -2.13. The molecule has 1 N–H and O–H groups in total. The molecule has 6 heteroatoms. The zero-order chi connectivity index (χ0) is 14.6. The van der Waals surface area contributed by atoms with E-state index in [0.29, 0.717) is 6.54 Å². The zero-order valence-corrected chi connectivity index (χ0v) is 12.9. The maximum atomic E-state index is 12.8. The molecule has 108 valence electrons. The van der Waals surface area contributed by atoms with Crippen LogP contribution in [0, 0.1) is 0 Å². The molecule has 1 heterocycles. The first-order chi connectivity index (χ1) is 9.47.